The third kappa shape index (κ3) is 3.21. The molecule has 0 aliphatic carbocycles. The van der Waals surface area contributed by atoms with Crippen molar-refractivity contribution in [3.05, 3.63) is 62.6 Å². The highest BCUT2D eigenvalue weighted by molar-refractivity contribution is 9.10. The normalized spacial score (nSPS) is 12.2. The number of aryl methyl sites for hydroxylation is 1. The molecule has 0 N–H and O–H groups in total. The monoisotopic (exact) mass is 416 g/mol. The highest BCUT2D eigenvalue weighted by Gasteiger charge is 2.20. The highest BCUT2D eigenvalue weighted by atomic mass is 79.9. The van der Waals surface area contributed by atoms with Crippen molar-refractivity contribution in [2.75, 3.05) is 7.11 Å². The van der Waals surface area contributed by atoms with Crippen LogP contribution in [0.5, 0.6) is 5.75 Å². The van der Waals surface area contributed by atoms with Crippen LogP contribution in [0, 0.1) is 0 Å². The number of hydrogen-bond donors (Lipinski definition) is 0. The van der Waals surface area contributed by atoms with E-state index in [4.69, 9.17) is 16.3 Å². The minimum Gasteiger partial charge on any atom is -0.495 e. The Kier molecular flexibility index (Phi) is 5.53. The number of methoxy groups -OCH3 is 1. The van der Waals surface area contributed by atoms with Crippen molar-refractivity contribution < 1.29 is 4.74 Å². The van der Waals surface area contributed by atoms with Crippen LogP contribution < -0.4 is 4.74 Å². The van der Waals surface area contributed by atoms with Crippen molar-refractivity contribution in [1.82, 2.24) is 0 Å². The number of halogens is 3. The smallest absolute Gasteiger partial charge is 0.137 e. The van der Waals surface area contributed by atoms with E-state index in [0.717, 1.165) is 22.2 Å². The van der Waals surface area contributed by atoms with Crippen LogP contribution in [0.25, 0.3) is 0 Å². The van der Waals surface area contributed by atoms with Crippen LogP contribution >= 0.6 is 43.5 Å². The lowest BCUT2D eigenvalue weighted by Crippen LogP contribution is -2.01. The summed E-state index contributed by atoms with van der Waals surface area (Å²) in [6.45, 7) is 2.16. The van der Waals surface area contributed by atoms with Gasteiger partial charge in [-0.25, -0.2) is 0 Å². The molecular weight excluding hydrogens is 403 g/mol. The van der Waals surface area contributed by atoms with Crippen molar-refractivity contribution in [3.8, 4) is 5.75 Å². The first-order valence-electron chi connectivity index (χ1n) is 6.33. The molecule has 0 aliphatic rings. The molecule has 0 saturated carbocycles. The average molecular weight is 419 g/mol. The number of alkyl halides is 1. The van der Waals surface area contributed by atoms with Gasteiger partial charge in [0.15, 0.2) is 0 Å². The second kappa shape index (κ2) is 6.97. The van der Waals surface area contributed by atoms with Crippen LogP contribution in [0.3, 0.4) is 0 Å². The van der Waals surface area contributed by atoms with Crippen LogP contribution in [-0.2, 0) is 6.42 Å². The number of ether oxygens (including phenoxy) is 1. The molecule has 1 atom stereocenters. The number of hydrogen-bond acceptors (Lipinski definition) is 1. The van der Waals surface area contributed by atoms with E-state index in [1.165, 1.54) is 11.1 Å². The zero-order valence-corrected chi connectivity index (χ0v) is 15.2. The molecule has 20 heavy (non-hydrogen) atoms. The van der Waals surface area contributed by atoms with Crippen LogP contribution in [-0.4, -0.2) is 7.11 Å². The van der Waals surface area contributed by atoms with E-state index in [1.54, 1.807) is 7.11 Å². The predicted octanol–water partition coefficient (Wildman–Crippen LogP) is 6.16. The Labute approximate surface area is 141 Å². The summed E-state index contributed by atoms with van der Waals surface area (Å²) in [6.07, 6.45) is 0.988. The Morgan fingerprint density at radius 2 is 1.90 bits per heavy atom. The largest absolute Gasteiger partial charge is 0.495 e. The second-order valence-corrected chi connectivity index (χ2v) is 6.63. The van der Waals surface area contributed by atoms with E-state index in [2.05, 4.69) is 63.0 Å². The van der Waals surface area contributed by atoms with E-state index in [0.29, 0.717) is 5.02 Å². The lowest BCUT2D eigenvalue weighted by Gasteiger charge is -2.19. The van der Waals surface area contributed by atoms with E-state index in [9.17, 15) is 0 Å². The quantitative estimate of drug-likeness (QED) is 0.541. The average Bonchev–Trinajstić information content (AvgIpc) is 2.45. The standard InChI is InChI=1S/C16H15Br2ClO/c1-3-10-6-4-5-7-12(10)15(18)13-8-11(19)9-14(17)16(13)20-2/h4-9,15H,3H2,1-2H3. The van der Waals surface area contributed by atoms with E-state index in [1.807, 2.05) is 12.1 Å². The highest BCUT2D eigenvalue weighted by Crippen LogP contribution is 2.43. The lowest BCUT2D eigenvalue weighted by atomic mass is 9.97. The SMILES string of the molecule is CCc1ccccc1C(Br)c1cc(Cl)cc(Br)c1OC. The minimum atomic E-state index is 0.0450. The summed E-state index contributed by atoms with van der Waals surface area (Å²) in [5, 5.41) is 0.686. The molecule has 1 nitrogen and oxygen atoms in total. The molecule has 0 heterocycles. The third-order valence-electron chi connectivity index (χ3n) is 3.22. The first-order chi connectivity index (χ1) is 9.58. The lowest BCUT2D eigenvalue weighted by molar-refractivity contribution is 0.408. The molecule has 0 saturated heterocycles. The van der Waals surface area contributed by atoms with E-state index >= 15 is 0 Å². The maximum absolute atomic E-state index is 6.18. The van der Waals surface area contributed by atoms with Gasteiger partial charge in [0.1, 0.15) is 5.75 Å². The van der Waals surface area contributed by atoms with Crippen LogP contribution in [0.1, 0.15) is 28.4 Å². The number of rotatable bonds is 4. The van der Waals surface area contributed by atoms with Crippen molar-refractivity contribution in [2.24, 2.45) is 0 Å². The molecule has 4 heteroatoms. The van der Waals surface area contributed by atoms with Crippen LogP contribution in [0.2, 0.25) is 5.02 Å². The number of benzene rings is 2. The summed E-state index contributed by atoms with van der Waals surface area (Å²) < 4.78 is 6.37. The molecule has 0 fully saturated rings. The minimum absolute atomic E-state index is 0.0450. The summed E-state index contributed by atoms with van der Waals surface area (Å²) in [5.41, 5.74) is 3.57. The zero-order valence-electron chi connectivity index (χ0n) is 11.3. The fraction of sp³-hybridized carbons (Fsp3) is 0.250. The summed E-state index contributed by atoms with van der Waals surface area (Å²) in [5.74, 6) is 0.808. The maximum Gasteiger partial charge on any atom is 0.137 e. The van der Waals surface area contributed by atoms with Gasteiger partial charge in [0.25, 0.3) is 0 Å². The molecule has 0 spiro atoms. The molecule has 0 radical (unpaired) electrons. The maximum atomic E-state index is 6.18. The molecule has 2 aromatic carbocycles. The van der Waals surface area contributed by atoms with E-state index < -0.39 is 0 Å². The molecule has 0 bridgehead atoms. The fourth-order valence-corrected chi connectivity index (χ4v) is 4.04. The van der Waals surface area contributed by atoms with Gasteiger partial charge in [-0.3, -0.25) is 0 Å². The fourth-order valence-electron chi connectivity index (χ4n) is 2.25. The van der Waals surface area contributed by atoms with Gasteiger partial charge in [-0.2, -0.15) is 0 Å². The van der Waals surface area contributed by atoms with Gasteiger partial charge in [0.2, 0.25) is 0 Å². The molecule has 2 aromatic rings. The van der Waals surface area contributed by atoms with Crippen molar-refractivity contribution >= 4 is 43.5 Å². The Balaban J connectivity index is 2.55. The van der Waals surface area contributed by atoms with Gasteiger partial charge in [0.05, 0.1) is 16.4 Å². The Morgan fingerprint density at radius 3 is 2.55 bits per heavy atom. The molecule has 106 valence electrons. The second-order valence-electron chi connectivity index (χ2n) is 4.43. The van der Waals surface area contributed by atoms with Crippen LogP contribution in [0.4, 0.5) is 0 Å². The van der Waals surface area contributed by atoms with Gasteiger partial charge in [-0.1, -0.05) is 58.7 Å². The summed E-state index contributed by atoms with van der Waals surface area (Å²) in [7, 11) is 1.67. The van der Waals surface area contributed by atoms with E-state index in [-0.39, 0.29) is 4.83 Å². The predicted molar refractivity (Wildman–Crippen MR) is 92.3 cm³/mol. The third-order valence-corrected chi connectivity index (χ3v) is 5.02. The summed E-state index contributed by atoms with van der Waals surface area (Å²) in [6, 6.07) is 12.2. The van der Waals surface area contributed by atoms with Crippen molar-refractivity contribution in [3.63, 3.8) is 0 Å². The van der Waals surface area contributed by atoms with Gasteiger partial charge < -0.3 is 4.74 Å². The molecular formula is C16H15Br2ClO. The first kappa shape index (κ1) is 15.9. The molecule has 2 rings (SSSR count). The zero-order chi connectivity index (χ0) is 14.7. The molecule has 0 amide bonds. The van der Waals surface area contributed by atoms with Crippen LogP contribution in [0.15, 0.2) is 40.9 Å². The van der Waals surface area contributed by atoms with Crippen molar-refractivity contribution in [2.45, 2.75) is 18.2 Å². The summed E-state index contributed by atoms with van der Waals surface area (Å²) in [4.78, 5) is 0.0450. The first-order valence-corrected chi connectivity index (χ1v) is 8.42. The Hall–Kier alpha value is -0.510. The Morgan fingerprint density at radius 1 is 1.20 bits per heavy atom. The Bertz CT molecular complexity index is 613. The summed E-state index contributed by atoms with van der Waals surface area (Å²) >= 11 is 13.5. The topological polar surface area (TPSA) is 9.23 Å². The van der Waals surface area contributed by atoms with Gasteiger partial charge in [-0.05, 0) is 45.6 Å². The van der Waals surface area contributed by atoms with Gasteiger partial charge in [0, 0.05) is 10.6 Å². The van der Waals surface area contributed by atoms with Crippen molar-refractivity contribution in [1.29, 1.82) is 0 Å². The molecule has 0 aliphatic heterocycles. The molecule has 1 unspecified atom stereocenters. The van der Waals surface area contributed by atoms with Gasteiger partial charge in [-0.15, -0.1) is 0 Å². The van der Waals surface area contributed by atoms with Gasteiger partial charge >= 0.3 is 0 Å². The molecule has 0 aromatic heterocycles.